The van der Waals surface area contributed by atoms with Crippen molar-refractivity contribution in [2.75, 3.05) is 18.1 Å². The summed E-state index contributed by atoms with van der Waals surface area (Å²) in [4.78, 5) is 10.3. The van der Waals surface area contributed by atoms with Crippen LogP contribution < -0.4 is 5.32 Å². The molecule has 0 saturated carbocycles. The largest absolute Gasteiger partial charge is 0.371 e. The van der Waals surface area contributed by atoms with Gasteiger partial charge in [-0.3, -0.25) is 10.1 Å². The quantitative estimate of drug-likeness (QED) is 0.643. The lowest BCUT2D eigenvalue weighted by Crippen LogP contribution is -2.05. The molecular weight excluding hydrogens is 331 g/mol. The minimum absolute atomic E-state index is 0.0523. The molecule has 0 bridgehead atoms. The molecule has 1 heterocycles. The Morgan fingerprint density at radius 2 is 1.95 bits per heavy atom. The third-order valence-electron chi connectivity index (χ3n) is 2.86. The first-order valence-corrected chi connectivity index (χ1v) is 8.95. The molecule has 0 radical (unpaired) electrons. The number of nitrogens with one attached hydrogen (secondary N) is 1. The van der Waals surface area contributed by atoms with Gasteiger partial charge in [-0.25, -0.2) is 12.8 Å². The Hall–Kier alpha value is -2.00. The van der Waals surface area contributed by atoms with Crippen molar-refractivity contribution in [2.45, 2.75) is 10.6 Å². The van der Waals surface area contributed by atoms with E-state index in [4.69, 9.17) is 0 Å². The fraction of sp³-hybridized carbons (Fsp3) is 0.231. The first-order chi connectivity index (χ1) is 10.3. The highest BCUT2D eigenvalue weighted by molar-refractivity contribution is 7.92. The molecule has 2 rings (SSSR count). The van der Waals surface area contributed by atoms with E-state index in [1.54, 1.807) is 12.1 Å². The zero-order chi connectivity index (χ0) is 16.3. The van der Waals surface area contributed by atoms with Crippen molar-refractivity contribution >= 4 is 31.9 Å². The van der Waals surface area contributed by atoms with Crippen LogP contribution in [0.2, 0.25) is 0 Å². The van der Waals surface area contributed by atoms with Crippen LogP contribution in [0.5, 0.6) is 0 Å². The van der Waals surface area contributed by atoms with Crippen LogP contribution in [-0.2, 0) is 16.3 Å². The minimum atomic E-state index is -3.49. The third-order valence-corrected chi connectivity index (χ3v) is 5.75. The molecule has 1 aromatic heterocycles. The molecule has 6 nitrogen and oxygen atoms in total. The lowest BCUT2D eigenvalue weighted by Gasteiger charge is -2.04. The van der Waals surface area contributed by atoms with E-state index < -0.39 is 14.8 Å². The van der Waals surface area contributed by atoms with Gasteiger partial charge in [0.2, 0.25) is 0 Å². The predicted molar refractivity (Wildman–Crippen MR) is 82.7 cm³/mol. The molecule has 0 aliphatic carbocycles. The summed E-state index contributed by atoms with van der Waals surface area (Å²) in [7, 11) is -3.49. The van der Waals surface area contributed by atoms with Gasteiger partial charge in [0, 0.05) is 18.9 Å². The van der Waals surface area contributed by atoms with E-state index in [1.807, 2.05) is 0 Å². The van der Waals surface area contributed by atoms with Gasteiger partial charge in [-0.2, -0.15) is 0 Å². The Balaban J connectivity index is 2.10. The molecule has 2 aromatic rings. The molecule has 0 fully saturated rings. The van der Waals surface area contributed by atoms with Gasteiger partial charge < -0.3 is 5.32 Å². The Morgan fingerprint density at radius 1 is 1.32 bits per heavy atom. The van der Waals surface area contributed by atoms with Gasteiger partial charge in [0.15, 0.2) is 14.8 Å². The number of halogens is 1. The van der Waals surface area contributed by atoms with Crippen LogP contribution in [0.15, 0.2) is 34.5 Å². The summed E-state index contributed by atoms with van der Waals surface area (Å²) in [5.74, 6) is -0.330. The molecule has 1 N–H and O–H groups in total. The number of nitrogens with zero attached hydrogens (tertiary/aromatic N) is 1. The van der Waals surface area contributed by atoms with E-state index in [9.17, 15) is 22.9 Å². The van der Waals surface area contributed by atoms with Crippen molar-refractivity contribution in [2.24, 2.45) is 0 Å². The second-order valence-electron chi connectivity index (χ2n) is 4.61. The highest BCUT2D eigenvalue weighted by atomic mass is 32.2. The van der Waals surface area contributed by atoms with Crippen LogP contribution in [0.4, 0.5) is 15.1 Å². The van der Waals surface area contributed by atoms with Crippen LogP contribution in [-0.4, -0.2) is 26.1 Å². The predicted octanol–water partition coefficient (Wildman–Crippen LogP) is 2.85. The summed E-state index contributed by atoms with van der Waals surface area (Å²) >= 11 is 0.832. The van der Waals surface area contributed by atoms with Gasteiger partial charge in [0.05, 0.1) is 4.92 Å². The molecule has 0 unspecified atom stereocenters. The van der Waals surface area contributed by atoms with Gasteiger partial charge in [-0.05, 0) is 24.1 Å². The first kappa shape index (κ1) is 16.4. The van der Waals surface area contributed by atoms with Crippen molar-refractivity contribution in [3.63, 3.8) is 0 Å². The normalized spacial score (nSPS) is 11.4. The zero-order valence-electron chi connectivity index (χ0n) is 11.6. The first-order valence-electron chi connectivity index (χ1n) is 6.24. The number of hydrogen-bond acceptors (Lipinski definition) is 6. The van der Waals surface area contributed by atoms with E-state index in [1.165, 1.54) is 12.1 Å². The Morgan fingerprint density at radius 3 is 2.50 bits per heavy atom. The summed E-state index contributed by atoms with van der Waals surface area (Å²) in [5.41, 5.74) is 0.612. The standard InChI is InChI=1S/C13H13FN2O4S2/c1-22(19,20)12-8-11(16(17)18)13(21-12)15-7-6-9-2-4-10(14)5-3-9/h2-5,8,15H,6-7H2,1H3. The van der Waals surface area contributed by atoms with E-state index in [-0.39, 0.29) is 20.7 Å². The van der Waals surface area contributed by atoms with Crippen LogP contribution >= 0.6 is 11.3 Å². The van der Waals surface area contributed by atoms with Gasteiger partial charge in [0.1, 0.15) is 10.0 Å². The topological polar surface area (TPSA) is 89.3 Å². The number of anilines is 1. The van der Waals surface area contributed by atoms with E-state index in [0.717, 1.165) is 29.2 Å². The second kappa shape index (κ2) is 6.41. The fourth-order valence-corrected chi connectivity index (χ4v) is 3.74. The molecule has 22 heavy (non-hydrogen) atoms. The molecular formula is C13H13FN2O4S2. The van der Waals surface area contributed by atoms with E-state index in [2.05, 4.69) is 5.32 Å². The molecule has 9 heteroatoms. The number of thiophene rings is 1. The number of rotatable bonds is 6. The van der Waals surface area contributed by atoms with Crippen molar-refractivity contribution in [1.82, 2.24) is 0 Å². The number of sulfone groups is 1. The lowest BCUT2D eigenvalue weighted by molar-refractivity contribution is -0.383. The third kappa shape index (κ3) is 4.01. The van der Waals surface area contributed by atoms with E-state index >= 15 is 0 Å². The Labute approximate surface area is 130 Å². The van der Waals surface area contributed by atoms with E-state index in [0.29, 0.717) is 13.0 Å². The summed E-state index contributed by atoms with van der Waals surface area (Å²) in [5, 5.41) is 14.0. The van der Waals surface area contributed by atoms with Crippen molar-refractivity contribution < 1.29 is 17.7 Å². The van der Waals surface area contributed by atoms with Crippen molar-refractivity contribution in [3.8, 4) is 0 Å². The smallest absolute Gasteiger partial charge is 0.304 e. The molecule has 1 aromatic carbocycles. The second-order valence-corrected chi connectivity index (χ2v) is 7.91. The number of benzene rings is 1. The maximum absolute atomic E-state index is 12.8. The molecule has 0 aliphatic rings. The molecule has 0 saturated heterocycles. The Kier molecular flexibility index (Phi) is 4.77. The highest BCUT2D eigenvalue weighted by Gasteiger charge is 2.23. The lowest BCUT2D eigenvalue weighted by atomic mass is 10.1. The van der Waals surface area contributed by atoms with Crippen molar-refractivity contribution in [1.29, 1.82) is 0 Å². The van der Waals surface area contributed by atoms with Crippen LogP contribution in [0.25, 0.3) is 0 Å². The molecule has 118 valence electrons. The molecule has 0 atom stereocenters. The number of nitro groups is 1. The number of hydrogen-bond donors (Lipinski definition) is 1. The van der Waals surface area contributed by atoms with Gasteiger partial charge in [-0.15, -0.1) is 0 Å². The van der Waals surface area contributed by atoms with Crippen LogP contribution in [0.1, 0.15) is 5.56 Å². The van der Waals surface area contributed by atoms with Crippen LogP contribution in [0, 0.1) is 15.9 Å². The molecule has 0 spiro atoms. The summed E-state index contributed by atoms with van der Waals surface area (Å²) in [6, 6.07) is 6.99. The monoisotopic (exact) mass is 344 g/mol. The Bertz CT molecular complexity index is 785. The zero-order valence-corrected chi connectivity index (χ0v) is 13.2. The summed E-state index contributed by atoms with van der Waals surface area (Å²) < 4.78 is 35.7. The average molecular weight is 344 g/mol. The molecule has 0 amide bonds. The van der Waals surface area contributed by atoms with Gasteiger partial charge in [0.25, 0.3) is 0 Å². The fourth-order valence-electron chi connectivity index (χ4n) is 1.78. The maximum Gasteiger partial charge on any atom is 0.304 e. The van der Waals surface area contributed by atoms with Gasteiger partial charge in [-0.1, -0.05) is 23.5 Å². The van der Waals surface area contributed by atoms with Gasteiger partial charge >= 0.3 is 5.69 Å². The highest BCUT2D eigenvalue weighted by Crippen LogP contribution is 2.36. The van der Waals surface area contributed by atoms with Crippen molar-refractivity contribution in [3.05, 3.63) is 51.8 Å². The molecule has 0 aliphatic heterocycles. The minimum Gasteiger partial charge on any atom is -0.371 e. The SMILES string of the molecule is CS(=O)(=O)c1cc([N+](=O)[O-])c(NCCc2ccc(F)cc2)s1. The maximum atomic E-state index is 12.8. The summed E-state index contributed by atoms with van der Waals surface area (Å²) in [6.45, 7) is 0.371. The summed E-state index contributed by atoms with van der Waals surface area (Å²) in [6.07, 6.45) is 1.54. The van der Waals surface area contributed by atoms with Crippen LogP contribution in [0.3, 0.4) is 0 Å². The average Bonchev–Trinajstić information content (AvgIpc) is 2.85.